The summed E-state index contributed by atoms with van der Waals surface area (Å²) < 4.78 is 40.2. The Labute approximate surface area is 149 Å². The van der Waals surface area contributed by atoms with Crippen molar-refractivity contribution in [2.45, 2.75) is 44.4 Å². The molecule has 0 bridgehead atoms. The normalized spacial score (nSPS) is 16.8. The molecule has 1 aromatic carbocycles. The van der Waals surface area contributed by atoms with E-state index in [1.54, 1.807) is 11.8 Å². The minimum absolute atomic E-state index is 0.100. The van der Waals surface area contributed by atoms with Crippen LogP contribution in [-0.4, -0.2) is 50.2 Å². The molecule has 0 atom stereocenters. The fourth-order valence-corrected chi connectivity index (χ4v) is 4.88. The highest BCUT2D eigenvalue weighted by molar-refractivity contribution is 7.89. The number of amides is 1. The molecular formula is C18H27FN2O3S. The van der Waals surface area contributed by atoms with Gasteiger partial charge in [-0.25, -0.2) is 12.8 Å². The summed E-state index contributed by atoms with van der Waals surface area (Å²) >= 11 is 0. The average Bonchev–Trinajstić information content (AvgIpc) is 2.58. The third-order valence-corrected chi connectivity index (χ3v) is 6.84. The molecule has 0 radical (unpaired) electrons. The van der Waals surface area contributed by atoms with Crippen LogP contribution in [0, 0.1) is 18.7 Å². The summed E-state index contributed by atoms with van der Waals surface area (Å²) in [7, 11) is -1.84. The Hall–Kier alpha value is -1.47. The maximum absolute atomic E-state index is 13.2. The monoisotopic (exact) mass is 370 g/mol. The molecule has 0 spiro atoms. The van der Waals surface area contributed by atoms with Crippen LogP contribution in [0.2, 0.25) is 0 Å². The van der Waals surface area contributed by atoms with Crippen molar-refractivity contribution in [3.63, 3.8) is 0 Å². The van der Waals surface area contributed by atoms with E-state index >= 15 is 0 Å². The van der Waals surface area contributed by atoms with Crippen LogP contribution in [0.5, 0.6) is 0 Å². The number of aryl methyl sites for hydroxylation is 1. The number of unbranched alkanes of at least 4 members (excludes halogenated alkanes) is 1. The number of nitrogens with zero attached hydrogens (tertiary/aromatic N) is 2. The summed E-state index contributed by atoms with van der Waals surface area (Å²) in [5, 5.41) is 0. The fourth-order valence-electron chi connectivity index (χ4n) is 3.20. The third kappa shape index (κ3) is 4.58. The van der Waals surface area contributed by atoms with Crippen LogP contribution in [0.1, 0.15) is 38.2 Å². The van der Waals surface area contributed by atoms with E-state index in [0.29, 0.717) is 31.5 Å². The second-order valence-electron chi connectivity index (χ2n) is 6.70. The van der Waals surface area contributed by atoms with Crippen molar-refractivity contribution < 1.29 is 17.6 Å². The number of piperidine rings is 1. The average molecular weight is 370 g/mol. The summed E-state index contributed by atoms with van der Waals surface area (Å²) in [4.78, 5) is 14.3. The molecule has 1 aromatic rings. The van der Waals surface area contributed by atoms with Gasteiger partial charge in [-0.15, -0.1) is 0 Å². The first-order chi connectivity index (χ1) is 11.8. The molecule has 7 heteroatoms. The lowest BCUT2D eigenvalue weighted by Crippen LogP contribution is -2.43. The van der Waals surface area contributed by atoms with Gasteiger partial charge in [0.1, 0.15) is 5.82 Å². The standard InChI is InChI=1S/C18H27FN2O3S/c1-4-5-10-20(3)18(22)15-8-11-21(12-9-15)25(23,24)17-7-6-16(19)13-14(17)2/h6-7,13,15H,4-5,8-12H2,1-3H3. The Morgan fingerprint density at radius 1 is 1.32 bits per heavy atom. The van der Waals surface area contributed by atoms with Crippen LogP contribution >= 0.6 is 0 Å². The third-order valence-electron chi connectivity index (χ3n) is 4.78. The molecule has 25 heavy (non-hydrogen) atoms. The van der Waals surface area contributed by atoms with E-state index in [0.717, 1.165) is 19.4 Å². The Morgan fingerprint density at radius 3 is 2.52 bits per heavy atom. The highest BCUT2D eigenvalue weighted by Crippen LogP contribution is 2.27. The quantitative estimate of drug-likeness (QED) is 0.774. The lowest BCUT2D eigenvalue weighted by Gasteiger charge is -2.32. The van der Waals surface area contributed by atoms with Crippen molar-refractivity contribution in [1.82, 2.24) is 9.21 Å². The van der Waals surface area contributed by atoms with Crippen LogP contribution in [0.15, 0.2) is 23.1 Å². The van der Waals surface area contributed by atoms with E-state index in [1.165, 1.54) is 22.5 Å². The van der Waals surface area contributed by atoms with Crippen molar-refractivity contribution >= 4 is 15.9 Å². The summed E-state index contributed by atoms with van der Waals surface area (Å²) in [6.07, 6.45) is 3.05. The van der Waals surface area contributed by atoms with Crippen molar-refractivity contribution in [3.8, 4) is 0 Å². The van der Waals surface area contributed by atoms with Crippen molar-refractivity contribution in [3.05, 3.63) is 29.6 Å². The summed E-state index contributed by atoms with van der Waals surface area (Å²) in [6, 6.07) is 3.71. The Balaban J connectivity index is 2.02. The van der Waals surface area contributed by atoms with E-state index < -0.39 is 15.8 Å². The zero-order valence-electron chi connectivity index (χ0n) is 15.2. The molecule has 1 aliphatic rings. The van der Waals surface area contributed by atoms with Crippen molar-refractivity contribution in [1.29, 1.82) is 0 Å². The molecule has 0 N–H and O–H groups in total. The van der Waals surface area contributed by atoms with Crippen LogP contribution in [-0.2, 0) is 14.8 Å². The van der Waals surface area contributed by atoms with Gasteiger partial charge in [0.25, 0.3) is 0 Å². The smallest absolute Gasteiger partial charge is 0.243 e. The highest BCUT2D eigenvalue weighted by atomic mass is 32.2. The topological polar surface area (TPSA) is 57.7 Å². The van der Waals surface area contributed by atoms with Crippen LogP contribution in [0.4, 0.5) is 4.39 Å². The molecule has 0 unspecified atom stereocenters. The van der Waals surface area contributed by atoms with Gasteiger partial charge in [-0.05, 0) is 49.9 Å². The number of hydrogen-bond donors (Lipinski definition) is 0. The van der Waals surface area contributed by atoms with Crippen LogP contribution in [0.3, 0.4) is 0 Å². The molecule has 1 heterocycles. The Bertz CT molecular complexity index is 713. The number of rotatable bonds is 6. The number of halogens is 1. The number of carbonyl (C=O) groups excluding carboxylic acids is 1. The van der Waals surface area contributed by atoms with Gasteiger partial charge in [0, 0.05) is 32.6 Å². The van der Waals surface area contributed by atoms with Crippen LogP contribution in [0.25, 0.3) is 0 Å². The van der Waals surface area contributed by atoms with Crippen molar-refractivity contribution in [2.24, 2.45) is 5.92 Å². The first kappa shape index (κ1) is 19.8. The Morgan fingerprint density at radius 2 is 1.96 bits per heavy atom. The summed E-state index contributed by atoms with van der Waals surface area (Å²) in [5.74, 6) is -0.470. The fraction of sp³-hybridized carbons (Fsp3) is 0.611. The lowest BCUT2D eigenvalue weighted by molar-refractivity contribution is -0.135. The molecule has 0 aliphatic carbocycles. The van der Waals surface area contributed by atoms with E-state index in [1.807, 2.05) is 7.05 Å². The molecule has 0 saturated carbocycles. The van der Waals surface area contributed by atoms with Gasteiger partial charge in [0.05, 0.1) is 4.90 Å². The number of hydrogen-bond acceptors (Lipinski definition) is 3. The second-order valence-corrected chi connectivity index (χ2v) is 8.61. The summed E-state index contributed by atoms with van der Waals surface area (Å²) in [6.45, 7) is 5.05. The minimum atomic E-state index is -3.65. The molecule has 2 rings (SSSR count). The van der Waals surface area contributed by atoms with Gasteiger partial charge in [-0.2, -0.15) is 4.31 Å². The molecule has 1 fully saturated rings. The molecule has 140 valence electrons. The molecule has 0 aromatic heterocycles. The van der Waals surface area contributed by atoms with Gasteiger partial charge in [-0.3, -0.25) is 4.79 Å². The maximum atomic E-state index is 13.2. The lowest BCUT2D eigenvalue weighted by atomic mass is 9.96. The van der Waals surface area contributed by atoms with E-state index in [-0.39, 0.29) is 16.7 Å². The molecular weight excluding hydrogens is 343 g/mol. The number of benzene rings is 1. The first-order valence-electron chi connectivity index (χ1n) is 8.78. The van der Waals surface area contributed by atoms with Crippen molar-refractivity contribution in [2.75, 3.05) is 26.7 Å². The van der Waals surface area contributed by atoms with Gasteiger partial charge in [0.15, 0.2) is 0 Å². The predicted molar refractivity (Wildman–Crippen MR) is 95.2 cm³/mol. The largest absolute Gasteiger partial charge is 0.346 e. The van der Waals surface area contributed by atoms with E-state index in [4.69, 9.17) is 0 Å². The van der Waals surface area contributed by atoms with Crippen LogP contribution < -0.4 is 0 Å². The van der Waals surface area contributed by atoms with Gasteiger partial charge < -0.3 is 4.90 Å². The zero-order chi connectivity index (χ0) is 18.6. The zero-order valence-corrected chi connectivity index (χ0v) is 16.0. The minimum Gasteiger partial charge on any atom is -0.346 e. The Kier molecular flexibility index (Phi) is 6.57. The van der Waals surface area contributed by atoms with E-state index in [2.05, 4.69) is 6.92 Å². The SMILES string of the molecule is CCCCN(C)C(=O)C1CCN(S(=O)(=O)c2ccc(F)cc2C)CC1. The highest BCUT2D eigenvalue weighted by Gasteiger charge is 2.33. The molecule has 5 nitrogen and oxygen atoms in total. The van der Waals surface area contributed by atoms with Gasteiger partial charge in [0.2, 0.25) is 15.9 Å². The maximum Gasteiger partial charge on any atom is 0.243 e. The molecule has 1 aliphatic heterocycles. The van der Waals surface area contributed by atoms with E-state index in [9.17, 15) is 17.6 Å². The van der Waals surface area contributed by atoms with Gasteiger partial charge >= 0.3 is 0 Å². The number of carbonyl (C=O) groups is 1. The number of sulfonamides is 1. The first-order valence-corrected chi connectivity index (χ1v) is 10.2. The predicted octanol–water partition coefficient (Wildman–Crippen LogP) is 2.79. The summed E-state index contributed by atoms with van der Waals surface area (Å²) in [5.41, 5.74) is 0.400. The molecule has 1 saturated heterocycles. The van der Waals surface area contributed by atoms with Gasteiger partial charge in [-0.1, -0.05) is 13.3 Å². The second kappa shape index (κ2) is 8.27. The molecule has 1 amide bonds.